The average Bonchev–Trinajstić information content (AvgIpc) is 2.65. The lowest BCUT2D eigenvalue weighted by Crippen LogP contribution is -2.59. The SMILES string of the molecule is CC1(C)CCC(CNC23CC4CC(CC(C4)C2)C3)O1. The van der Waals surface area contributed by atoms with Crippen molar-refractivity contribution < 1.29 is 4.74 Å². The van der Waals surface area contributed by atoms with Gasteiger partial charge in [0.2, 0.25) is 0 Å². The van der Waals surface area contributed by atoms with Crippen molar-refractivity contribution in [1.82, 2.24) is 5.32 Å². The summed E-state index contributed by atoms with van der Waals surface area (Å²) in [4.78, 5) is 0. The minimum Gasteiger partial charge on any atom is -0.371 e. The van der Waals surface area contributed by atoms with Crippen LogP contribution in [0.25, 0.3) is 0 Å². The zero-order chi connectivity index (χ0) is 13.1. The summed E-state index contributed by atoms with van der Waals surface area (Å²) in [5.41, 5.74) is 0.624. The Bertz CT molecular complexity index is 327. The van der Waals surface area contributed by atoms with Crippen LogP contribution in [0.5, 0.6) is 0 Å². The lowest BCUT2D eigenvalue weighted by Gasteiger charge is -2.57. The van der Waals surface area contributed by atoms with Gasteiger partial charge in [0, 0.05) is 12.1 Å². The predicted octanol–water partition coefficient (Wildman–Crippen LogP) is 3.50. The van der Waals surface area contributed by atoms with E-state index in [1.807, 2.05) is 0 Å². The van der Waals surface area contributed by atoms with Gasteiger partial charge in [0.05, 0.1) is 11.7 Å². The van der Waals surface area contributed by atoms with Crippen molar-refractivity contribution in [2.24, 2.45) is 17.8 Å². The Morgan fingerprint density at radius 3 is 2.05 bits per heavy atom. The molecule has 1 atom stereocenters. The summed E-state index contributed by atoms with van der Waals surface area (Å²) in [5.74, 6) is 3.12. The topological polar surface area (TPSA) is 21.3 Å². The highest BCUT2D eigenvalue weighted by Crippen LogP contribution is 2.55. The van der Waals surface area contributed by atoms with Gasteiger partial charge in [-0.2, -0.15) is 0 Å². The summed E-state index contributed by atoms with van der Waals surface area (Å²) in [6.45, 7) is 5.56. The number of hydrogen-bond donors (Lipinski definition) is 1. The largest absolute Gasteiger partial charge is 0.371 e. The van der Waals surface area contributed by atoms with Gasteiger partial charge in [-0.05, 0) is 83.0 Å². The molecule has 108 valence electrons. The fourth-order valence-corrected chi connectivity index (χ4v) is 5.88. The highest BCUT2D eigenvalue weighted by molar-refractivity contribution is 5.06. The molecule has 0 spiro atoms. The number of hydrogen-bond acceptors (Lipinski definition) is 2. The molecule has 0 aromatic rings. The maximum Gasteiger partial charge on any atom is 0.0708 e. The van der Waals surface area contributed by atoms with Crippen LogP contribution in [0.1, 0.15) is 65.2 Å². The maximum absolute atomic E-state index is 6.15. The Morgan fingerprint density at radius 2 is 1.58 bits per heavy atom. The first-order chi connectivity index (χ1) is 9.02. The van der Waals surface area contributed by atoms with E-state index < -0.39 is 0 Å². The molecule has 0 radical (unpaired) electrons. The van der Waals surface area contributed by atoms with Gasteiger partial charge >= 0.3 is 0 Å². The molecule has 1 unspecified atom stereocenters. The molecule has 5 aliphatic rings. The highest BCUT2D eigenvalue weighted by atomic mass is 16.5. The molecule has 2 heteroatoms. The molecule has 4 bridgehead atoms. The van der Waals surface area contributed by atoms with Gasteiger partial charge in [-0.15, -0.1) is 0 Å². The van der Waals surface area contributed by atoms with Crippen molar-refractivity contribution in [3.8, 4) is 0 Å². The third-order valence-electron chi connectivity index (χ3n) is 6.30. The van der Waals surface area contributed by atoms with Gasteiger partial charge in [-0.25, -0.2) is 0 Å². The van der Waals surface area contributed by atoms with Crippen LogP contribution in [0, 0.1) is 17.8 Å². The van der Waals surface area contributed by atoms with E-state index in [4.69, 9.17) is 4.74 Å². The van der Waals surface area contributed by atoms with Crippen molar-refractivity contribution in [3.63, 3.8) is 0 Å². The Morgan fingerprint density at radius 1 is 1.00 bits per heavy atom. The third kappa shape index (κ3) is 2.35. The van der Waals surface area contributed by atoms with E-state index in [1.54, 1.807) is 0 Å². The monoisotopic (exact) mass is 263 g/mol. The first-order valence-corrected chi connectivity index (χ1v) is 8.45. The zero-order valence-electron chi connectivity index (χ0n) is 12.6. The summed E-state index contributed by atoms with van der Waals surface area (Å²) >= 11 is 0. The average molecular weight is 263 g/mol. The van der Waals surface area contributed by atoms with Gasteiger partial charge in [-0.1, -0.05) is 0 Å². The second-order valence-corrected chi connectivity index (χ2v) is 8.62. The molecular formula is C17H29NO. The molecular weight excluding hydrogens is 234 g/mol. The number of nitrogens with one attached hydrogen (secondary N) is 1. The molecule has 0 aromatic carbocycles. The van der Waals surface area contributed by atoms with E-state index in [2.05, 4.69) is 19.2 Å². The molecule has 1 N–H and O–H groups in total. The molecule has 1 aliphatic heterocycles. The van der Waals surface area contributed by atoms with Crippen LogP contribution >= 0.6 is 0 Å². The van der Waals surface area contributed by atoms with Gasteiger partial charge < -0.3 is 10.1 Å². The van der Waals surface area contributed by atoms with E-state index in [0.717, 1.165) is 24.3 Å². The second-order valence-electron chi connectivity index (χ2n) is 8.62. The smallest absolute Gasteiger partial charge is 0.0708 e. The van der Waals surface area contributed by atoms with Gasteiger partial charge in [0.25, 0.3) is 0 Å². The number of ether oxygens (including phenoxy) is 1. The van der Waals surface area contributed by atoms with Crippen LogP contribution in [0.4, 0.5) is 0 Å². The Kier molecular flexibility index (Phi) is 2.80. The van der Waals surface area contributed by atoms with E-state index in [1.165, 1.54) is 51.4 Å². The molecule has 1 saturated heterocycles. The Balaban J connectivity index is 1.38. The molecule has 2 nitrogen and oxygen atoms in total. The third-order valence-corrected chi connectivity index (χ3v) is 6.30. The summed E-state index contributed by atoms with van der Waals surface area (Å²) in [6.07, 6.45) is 11.9. The summed E-state index contributed by atoms with van der Waals surface area (Å²) in [5, 5.41) is 3.98. The highest BCUT2D eigenvalue weighted by Gasteiger charge is 2.50. The molecule has 5 rings (SSSR count). The van der Waals surface area contributed by atoms with Crippen molar-refractivity contribution in [1.29, 1.82) is 0 Å². The van der Waals surface area contributed by atoms with E-state index >= 15 is 0 Å². The summed E-state index contributed by atoms with van der Waals surface area (Å²) < 4.78 is 6.15. The zero-order valence-corrected chi connectivity index (χ0v) is 12.6. The number of rotatable bonds is 3. The first kappa shape index (κ1) is 12.6. The minimum absolute atomic E-state index is 0.119. The van der Waals surface area contributed by atoms with Crippen LogP contribution in [0.2, 0.25) is 0 Å². The predicted molar refractivity (Wildman–Crippen MR) is 77.1 cm³/mol. The van der Waals surface area contributed by atoms with Crippen molar-refractivity contribution in [3.05, 3.63) is 0 Å². The van der Waals surface area contributed by atoms with E-state index in [9.17, 15) is 0 Å². The van der Waals surface area contributed by atoms with E-state index in [0.29, 0.717) is 11.6 Å². The van der Waals surface area contributed by atoms with Crippen molar-refractivity contribution in [2.45, 2.75) is 82.5 Å². The molecule has 4 saturated carbocycles. The summed E-state index contributed by atoms with van der Waals surface area (Å²) in [7, 11) is 0. The fraction of sp³-hybridized carbons (Fsp3) is 1.00. The molecule has 5 fully saturated rings. The fourth-order valence-electron chi connectivity index (χ4n) is 5.88. The lowest BCUT2D eigenvalue weighted by atomic mass is 9.53. The Labute approximate surface area is 117 Å². The normalized spacial score (nSPS) is 50.8. The van der Waals surface area contributed by atoms with Gasteiger partial charge in [0.1, 0.15) is 0 Å². The van der Waals surface area contributed by atoms with Gasteiger partial charge in [-0.3, -0.25) is 0 Å². The molecule has 4 aliphatic carbocycles. The van der Waals surface area contributed by atoms with Crippen LogP contribution in [0.15, 0.2) is 0 Å². The van der Waals surface area contributed by atoms with Crippen molar-refractivity contribution in [2.75, 3.05) is 6.54 Å². The molecule has 0 amide bonds. The lowest BCUT2D eigenvalue weighted by molar-refractivity contribution is -0.0432. The van der Waals surface area contributed by atoms with Crippen LogP contribution < -0.4 is 5.32 Å². The molecule has 0 aromatic heterocycles. The van der Waals surface area contributed by atoms with E-state index in [-0.39, 0.29) is 5.60 Å². The van der Waals surface area contributed by atoms with Crippen LogP contribution in [0.3, 0.4) is 0 Å². The quantitative estimate of drug-likeness (QED) is 0.841. The minimum atomic E-state index is 0.119. The van der Waals surface area contributed by atoms with Crippen molar-refractivity contribution >= 4 is 0 Å². The van der Waals surface area contributed by atoms with Crippen LogP contribution in [-0.4, -0.2) is 23.8 Å². The van der Waals surface area contributed by atoms with Gasteiger partial charge in [0.15, 0.2) is 0 Å². The molecule has 19 heavy (non-hydrogen) atoms. The van der Waals surface area contributed by atoms with Crippen LogP contribution in [-0.2, 0) is 4.74 Å². The maximum atomic E-state index is 6.15. The first-order valence-electron chi connectivity index (χ1n) is 8.45. The standard InChI is InChI=1S/C17H29NO/c1-16(2)4-3-15(19-16)11-18-17-8-12-5-13(9-17)7-14(6-12)10-17/h12-15,18H,3-11H2,1-2H3. The molecule has 1 heterocycles. The Hall–Kier alpha value is -0.0800. The second kappa shape index (κ2) is 4.21. The summed E-state index contributed by atoms with van der Waals surface area (Å²) in [6, 6.07) is 0.